The van der Waals surface area contributed by atoms with Gasteiger partial charge < -0.3 is 4.90 Å². The molecule has 0 saturated carbocycles. The molecule has 1 fully saturated rings. The number of nitrogens with zero attached hydrogens (tertiary/aromatic N) is 5. The summed E-state index contributed by atoms with van der Waals surface area (Å²) in [6.07, 6.45) is 5.00. The molecule has 1 aliphatic heterocycles. The summed E-state index contributed by atoms with van der Waals surface area (Å²) in [6, 6.07) is 17.4. The topological polar surface area (TPSA) is 81.0 Å². The predicted octanol–water partition coefficient (Wildman–Crippen LogP) is 4.50. The zero-order valence-corrected chi connectivity index (χ0v) is 19.9. The second-order valence-corrected chi connectivity index (χ2v) is 11.0. The van der Waals surface area contributed by atoms with E-state index in [9.17, 15) is 8.42 Å². The minimum atomic E-state index is -3.20. The van der Waals surface area contributed by atoms with E-state index in [1.54, 1.807) is 12.1 Å². The normalized spacial score (nSPS) is 15.4. The molecule has 0 unspecified atom stereocenters. The van der Waals surface area contributed by atoms with Gasteiger partial charge in [-0.2, -0.15) is 0 Å². The van der Waals surface area contributed by atoms with Crippen molar-refractivity contribution in [2.24, 2.45) is 0 Å². The lowest BCUT2D eigenvalue weighted by atomic mass is 10.0. The van der Waals surface area contributed by atoms with Gasteiger partial charge in [-0.15, -0.1) is 5.10 Å². The zero-order chi connectivity index (χ0) is 22.3. The Labute approximate surface area is 195 Å². The van der Waals surface area contributed by atoms with Crippen molar-refractivity contribution in [1.29, 1.82) is 0 Å². The standard InChI is InChI=1S/C23H22BrN5O2S/c1-32(30,31)20-6-2-16(3-7-20)17-4-8-22-21(14-17)26-27-29(22)19-10-12-28(13-11-19)23-9-5-18(24)15-25-23/h2-9,14-15,19H,10-13H2,1H3. The molecule has 4 aromatic rings. The minimum Gasteiger partial charge on any atom is -0.356 e. The fourth-order valence-corrected chi connectivity index (χ4v) is 5.05. The number of aromatic nitrogens is 4. The fraction of sp³-hybridized carbons (Fsp3) is 0.261. The lowest BCUT2D eigenvalue weighted by molar-refractivity contribution is 0.368. The molecule has 1 saturated heterocycles. The van der Waals surface area contributed by atoms with Crippen LogP contribution < -0.4 is 4.90 Å². The molecule has 9 heteroatoms. The predicted molar refractivity (Wildman–Crippen MR) is 128 cm³/mol. The van der Waals surface area contributed by atoms with Crippen molar-refractivity contribution in [2.75, 3.05) is 24.2 Å². The lowest BCUT2D eigenvalue weighted by Gasteiger charge is -2.32. The highest BCUT2D eigenvalue weighted by Crippen LogP contribution is 2.30. The van der Waals surface area contributed by atoms with Crippen LogP contribution in [-0.2, 0) is 9.84 Å². The molecule has 164 valence electrons. The summed E-state index contributed by atoms with van der Waals surface area (Å²) >= 11 is 3.44. The van der Waals surface area contributed by atoms with E-state index in [4.69, 9.17) is 0 Å². The highest BCUT2D eigenvalue weighted by atomic mass is 79.9. The molecule has 2 aromatic heterocycles. The molecule has 0 radical (unpaired) electrons. The van der Waals surface area contributed by atoms with Crippen LogP contribution in [0.25, 0.3) is 22.2 Å². The third-order valence-electron chi connectivity index (χ3n) is 5.93. The summed E-state index contributed by atoms with van der Waals surface area (Å²) in [7, 11) is -3.20. The highest BCUT2D eigenvalue weighted by molar-refractivity contribution is 9.10. The molecular formula is C23H22BrN5O2S. The molecule has 32 heavy (non-hydrogen) atoms. The van der Waals surface area contributed by atoms with Gasteiger partial charge in [0.1, 0.15) is 11.3 Å². The molecule has 3 heterocycles. The first-order valence-corrected chi connectivity index (χ1v) is 13.1. The zero-order valence-electron chi connectivity index (χ0n) is 17.5. The maximum Gasteiger partial charge on any atom is 0.175 e. The molecule has 2 aromatic carbocycles. The van der Waals surface area contributed by atoms with Crippen LogP contribution in [0.1, 0.15) is 18.9 Å². The molecule has 0 amide bonds. The van der Waals surface area contributed by atoms with Gasteiger partial charge in [-0.3, -0.25) is 0 Å². The third-order valence-corrected chi connectivity index (χ3v) is 7.53. The molecule has 7 nitrogen and oxygen atoms in total. The first-order valence-electron chi connectivity index (χ1n) is 10.4. The monoisotopic (exact) mass is 511 g/mol. The lowest BCUT2D eigenvalue weighted by Crippen LogP contribution is -2.35. The summed E-state index contributed by atoms with van der Waals surface area (Å²) in [5.41, 5.74) is 3.79. The number of piperidine rings is 1. The number of anilines is 1. The van der Waals surface area contributed by atoms with Crippen molar-refractivity contribution in [3.8, 4) is 11.1 Å². The van der Waals surface area contributed by atoms with Crippen LogP contribution in [0, 0.1) is 0 Å². The van der Waals surface area contributed by atoms with Gasteiger partial charge in [-0.05, 0) is 76.3 Å². The highest BCUT2D eigenvalue weighted by Gasteiger charge is 2.23. The van der Waals surface area contributed by atoms with E-state index in [0.717, 1.165) is 58.4 Å². The summed E-state index contributed by atoms with van der Waals surface area (Å²) in [4.78, 5) is 7.13. The Hall–Kier alpha value is -2.78. The fourth-order valence-electron chi connectivity index (χ4n) is 4.18. The number of rotatable bonds is 4. The van der Waals surface area contributed by atoms with E-state index in [-0.39, 0.29) is 0 Å². The number of pyridine rings is 1. The number of hydrogen-bond donors (Lipinski definition) is 0. The molecule has 0 spiro atoms. The first kappa shape index (κ1) is 21.1. The number of hydrogen-bond acceptors (Lipinski definition) is 6. The molecule has 0 aliphatic carbocycles. The smallest absolute Gasteiger partial charge is 0.175 e. The maximum atomic E-state index is 11.7. The quantitative estimate of drug-likeness (QED) is 0.401. The Balaban J connectivity index is 1.34. The molecule has 5 rings (SSSR count). The number of fused-ring (bicyclic) bond motifs is 1. The number of halogens is 1. The van der Waals surface area contributed by atoms with Gasteiger partial charge in [0, 0.05) is 30.0 Å². The van der Waals surface area contributed by atoms with E-state index < -0.39 is 9.84 Å². The van der Waals surface area contributed by atoms with Crippen LogP contribution in [0.15, 0.2) is 70.2 Å². The average Bonchev–Trinajstić information content (AvgIpc) is 3.22. The van der Waals surface area contributed by atoms with E-state index in [2.05, 4.69) is 42.2 Å². The van der Waals surface area contributed by atoms with Crippen molar-refractivity contribution in [2.45, 2.75) is 23.8 Å². The van der Waals surface area contributed by atoms with Crippen molar-refractivity contribution >= 4 is 42.6 Å². The number of sulfone groups is 1. The van der Waals surface area contributed by atoms with Gasteiger partial charge in [0.05, 0.1) is 16.5 Å². The van der Waals surface area contributed by atoms with Crippen molar-refractivity contribution in [1.82, 2.24) is 20.0 Å². The van der Waals surface area contributed by atoms with Gasteiger partial charge in [-0.25, -0.2) is 18.1 Å². The largest absolute Gasteiger partial charge is 0.356 e. The molecular weight excluding hydrogens is 490 g/mol. The van der Waals surface area contributed by atoms with Crippen LogP contribution in [0.2, 0.25) is 0 Å². The maximum absolute atomic E-state index is 11.7. The van der Waals surface area contributed by atoms with E-state index in [0.29, 0.717) is 10.9 Å². The summed E-state index contributed by atoms with van der Waals surface area (Å²) < 4.78 is 26.4. The number of benzene rings is 2. The van der Waals surface area contributed by atoms with Gasteiger partial charge >= 0.3 is 0 Å². The van der Waals surface area contributed by atoms with Crippen molar-refractivity contribution in [3.05, 3.63) is 65.3 Å². The SMILES string of the molecule is CS(=O)(=O)c1ccc(-c2ccc3c(c2)nnn3C2CCN(c3ccc(Br)cn3)CC2)cc1. The van der Waals surface area contributed by atoms with E-state index in [1.165, 1.54) is 6.26 Å². The van der Waals surface area contributed by atoms with Gasteiger partial charge in [0.25, 0.3) is 0 Å². The van der Waals surface area contributed by atoms with E-state index in [1.807, 2.05) is 47.3 Å². The van der Waals surface area contributed by atoms with Gasteiger partial charge in [-0.1, -0.05) is 23.4 Å². The van der Waals surface area contributed by atoms with Gasteiger partial charge in [0.15, 0.2) is 9.84 Å². The molecule has 0 N–H and O–H groups in total. The first-order chi connectivity index (χ1) is 15.4. The Bertz CT molecular complexity index is 1360. The Morgan fingerprint density at radius 3 is 2.34 bits per heavy atom. The molecule has 0 bridgehead atoms. The third kappa shape index (κ3) is 4.14. The summed E-state index contributed by atoms with van der Waals surface area (Å²) in [6.45, 7) is 1.84. The molecule has 0 atom stereocenters. The second kappa shape index (κ2) is 8.29. The van der Waals surface area contributed by atoms with Crippen molar-refractivity contribution < 1.29 is 8.42 Å². The van der Waals surface area contributed by atoms with Gasteiger partial charge in [0.2, 0.25) is 0 Å². The van der Waals surface area contributed by atoms with Crippen LogP contribution in [0.4, 0.5) is 5.82 Å². The summed E-state index contributed by atoms with van der Waals surface area (Å²) in [5, 5.41) is 8.87. The molecule has 1 aliphatic rings. The van der Waals surface area contributed by atoms with Crippen LogP contribution in [0.3, 0.4) is 0 Å². The van der Waals surface area contributed by atoms with Crippen LogP contribution >= 0.6 is 15.9 Å². The Kier molecular flexibility index (Phi) is 5.46. The Morgan fingerprint density at radius 2 is 1.69 bits per heavy atom. The van der Waals surface area contributed by atoms with E-state index >= 15 is 0 Å². The Morgan fingerprint density at radius 1 is 0.969 bits per heavy atom. The minimum absolute atomic E-state index is 0.298. The second-order valence-electron chi connectivity index (χ2n) is 8.09. The van der Waals surface area contributed by atoms with Crippen molar-refractivity contribution in [3.63, 3.8) is 0 Å². The van der Waals surface area contributed by atoms with Crippen LogP contribution in [0.5, 0.6) is 0 Å². The van der Waals surface area contributed by atoms with Crippen LogP contribution in [-0.4, -0.2) is 47.7 Å². The summed E-state index contributed by atoms with van der Waals surface area (Å²) in [5.74, 6) is 1.00. The average molecular weight is 512 g/mol.